The van der Waals surface area contributed by atoms with Crippen LogP contribution in [0.1, 0.15) is 22.8 Å². The maximum atomic E-state index is 12.1. The molecule has 25 heavy (non-hydrogen) atoms. The standard InChI is InChI=1S/C18H20N2O5/c1-4-24-17-13(6-5-9-19-17)18(22)25-11-16(21)20-14-10-12(2)7-8-15(14)23-3/h5-10H,4,11H2,1-3H3,(H,20,21). The van der Waals surface area contributed by atoms with Crippen molar-refractivity contribution < 1.29 is 23.8 Å². The normalized spacial score (nSPS) is 10.0. The number of nitrogens with one attached hydrogen (secondary N) is 1. The van der Waals surface area contributed by atoms with Crippen LogP contribution < -0.4 is 14.8 Å². The molecule has 1 amide bonds. The second-order valence-electron chi connectivity index (χ2n) is 5.12. The zero-order chi connectivity index (χ0) is 18.2. The lowest BCUT2D eigenvalue weighted by atomic mass is 10.2. The summed E-state index contributed by atoms with van der Waals surface area (Å²) < 4.78 is 15.5. The predicted molar refractivity (Wildman–Crippen MR) is 92.0 cm³/mol. The van der Waals surface area contributed by atoms with E-state index in [1.807, 2.05) is 13.0 Å². The minimum atomic E-state index is -0.678. The Bertz CT molecular complexity index is 761. The summed E-state index contributed by atoms with van der Waals surface area (Å²) in [5, 5.41) is 2.66. The van der Waals surface area contributed by atoms with Crippen molar-refractivity contribution in [1.29, 1.82) is 0 Å². The van der Waals surface area contributed by atoms with E-state index in [2.05, 4.69) is 10.3 Å². The molecule has 1 heterocycles. The highest BCUT2D eigenvalue weighted by atomic mass is 16.5. The van der Waals surface area contributed by atoms with Gasteiger partial charge in [0.15, 0.2) is 6.61 Å². The number of aryl methyl sites for hydroxylation is 1. The molecule has 0 atom stereocenters. The van der Waals surface area contributed by atoms with Crippen LogP contribution in [-0.4, -0.2) is 37.2 Å². The number of hydrogen-bond acceptors (Lipinski definition) is 6. The molecule has 1 aromatic heterocycles. The van der Waals surface area contributed by atoms with E-state index in [1.165, 1.54) is 19.4 Å². The maximum absolute atomic E-state index is 12.1. The quantitative estimate of drug-likeness (QED) is 0.777. The molecule has 0 spiro atoms. The number of aromatic nitrogens is 1. The zero-order valence-corrected chi connectivity index (χ0v) is 14.4. The van der Waals surface area contributed by atoms with Gasteiger partial charge in [-0.2, -0.15) is 0 Å². The number of pyridine rings is 1. The largest absolute Gasteiger partial charge is 0.495 e. The summed E-state index contributed by atoms with van der Waals surface area (Å²) in [5.74, 6) is -0.450. The number of rotatable bonds is 7. The van der Waals surface area contributed by atoms with Gasteiger partial charge in [-0.1, -0.05) is 6.07 Å². The Kier molecular flexibility index (Phi) is 6.33. The predicted octanol–water partition coefficient (Wildman–Crippen LogP) is 2.59. The average Bonchev–Trinajstić information content (AvgIpc) is 2.61. The van der Waals surface area contributed by atoms with Gasteiger partial charge in [-0.25, -0.2) is 9.78 Å². The van der Waals surface area contributed by atoms with E-state index in [9.17, 15) is 9.59 Å². The molecule has 7 heteroatoms. The van der Waals surface area contributed by atoms with E-state index in [4.69, 9.17) is 14.2 Å². The maximum Gasteiger partial charge on any atom is 0.344 e. The molecule has 0 fully saturated rings. The molecule has 0 radical (unpaired) electrons. The second kappa shape index (κ2) is 8.68. The third-order valence-electron chi connectivity index (χ3n) is 3.24. The van der Waals surface area contributed by atoms with Crippen LogP contribution in [-0.2, 0) is 9.53 Å². The number of methoxy groups -OCH3 is 1. The Hall–Kier alpha value is -3.09. The Balaban J connectivity index is 1.98. The van der Waals surface area contributed by atoms with E-state index in [-0.39, 0.29) is 11.4 Å². The van der Waals surface area contributed by atoms with Gasteiger partial charge in [-0.15, -0.1) is 0 Å². The molecule has 0 aliphatic carbocycles. The summed E-state index contributed by atoms with van der Waals surface area (Å²) >= 11 is 0. The average molecular weight is 344 g/mol. The van der Waals surface area contributed by atoms with Crippen LogP contribution >= 0.6 is 0 Å². The number of anilines is 1. The lowest BCUT2D eigenvalue weighted by molar-refractivity contribution is -0.119. The van der Waals surface area contributed by atoms with Gasteiger partial charge >= 0.3 is 5.97 Å². The molecule has 7 nitrogen and oxygen atoms in total. The van der Waals surface area contributed by atoms with Crippen molar-refractivity contribution in [1.82, 2.24) is 4.98 Å². The Morgan fingerprint density at radius 2 is 2.04 bits per heavy atom. The first kappa shape index (κ1) is 18.3. The van der Waals surface area contributed by atoms with Crippen LogP contribution in [0.2, 0.25) is 0 Å². The van der Waals surface area contributed by atoms with Crippen molar-refractivity contribution in [3.05, 3.63) is 47.7 Å². The monoisotopic (exact) mass is 344 g/mol. The highest BCUT2D eigenvalue weighted by Gasteiger charge is 2.17. The first-order valence-electron chi connectivity index (χ1n) is 7.74. The van der Waals surface area contributed by atoms with Crippen LogP contribution in [0.3, 0.4) is 0 Å². The van der Waals surface area contributed by atoms with E-state index in [1.54, 1.807) is 25.1 Å². The van der Waals surface area contributed by atoms with Crippen LogP contribution in [0.25, 0.3) is 0 Å². The van der Waals surface area contributed by atoms with Gasteiger partial charge < -0.3 is 19.5 Å². The molecule has 0 aliphatic rings. The number of esters is 1. The molecular weight excluding hydrogens is 324 g/mol. The fraction of sp³-hybridized carbons (Fsp3) is 0.278. The third kappa shape index (κ3) is 4.94. The molecule has 2 aromatic rings. The zero-order valence-electron chi connectivity index (χ0n) is 14.4. The number of nitrogens with zero attached hydrogens (tertiary/aromatic N) is 1. The molecular formula is C18H20N2O5. The number of carbonyl (C=O) groups is 2. The molecule has 0 aliphatic heterocycles. The number of amides is 1. The van der Waals surface area contributed by atoms with Gasteiger partial charge in [-0.3, -0.25) is 4.79 Å². The van der Waals surface area contributed by atoms with Gasteiger partial charge in [0.05, 0.1) is 19.4 Å². The summed E-state index contributed by atoms with van der Waals surface area (Å²) in [6, 6.07) is 8.51. The fourth-order valence-corrected chi connectivity index (χ4v) is 2.11. The molecule has 0 unspecified atom stereocenters. The summed E-state index contributed by atoms with van der Waals surface area (Å²) in [6.45, 7) is 3.61. The molecule has 0 saturated carbocycles. The second-order valence-corrected chi connectivity index (χ2v) is 5.12. The smallest absolute Gasteiger partial charge is 0.344 e. The molecule has 2 rings (SSSR count). The summed E-state index contributed by atoms with van der Waals surface area (Å²) in [7, 11) is 1.51. The molecule has 1 aromatic carbocycles. The van der Waals surface area contributed by atoms with Crippen LogP contribution in [0.5, 0.6) is 11.6 Å². The third-order valence-corrected chi connectivity index (χ3v) is 3.24. The van der Waals surface area contributed by atoms with Crippen molar-refractivity contribution in [2.24, 2.45) is 0 Å². The first-order chi connectivity index (χ1) is 12.0. The molecule has 1 N–H and O–H groups in total. The van der Waals surface area contributed by atoms with Gasteiger partial charge in [0.2, 0.25) is 5.88 Å². The van der Waals surface area contributed by atoms with Gasteiger partial charge in [0.25, 0.3) is 5.91 Å². The Labute approximate surface area is 145 Å². The summed E-state index contributed by atoms with van der Waals surface area (Å²) in [6.07, 6.45) is 1.51. The number of ether oxygens (including phenoxy) is 3. The lowest BCUT2D eigenvalue weighted by Crippen LogP contribution is -2.21. The highest BCUT2D eigenvalue weighted by molar-refractivity contribution is 5.97. The minimum Gasteiger partial charge on any atom is -0.495 e. The number of hydrogen-bond donors (Lipinski definition) is 1. The minimum absolute atomic E-state index is 0.172. The molecule has 132 valence electrons. The SMILES string of the molecule is CCOc1ncccc1C(=O)OCC(=O)Nc1cc(C)ccc1OC. The van der Waals surface area contributed by atoms with Gasteiger partial charge in [-0.05, 0) is 43.7 Å². The van der Waals surface area contributed by atoms with Crippen molar-refractivity contribution in [2.75, 3.05) is 25.6 Å². The van der Waals surface area contributed by atoms with Crippen molar-refractivity contribution >= 4 is 17.6 Å². The highest BCUT2D eigenvalue weighted by Crippen LogP contribution is 2.25. The number of benzene rings is 1. The molecule has 0 bridgehead atoms. The van der Waals surface area contributed by atoms with Crippen molar-refractivity contribution in [3.8, 4) is 11.6 Å². The van der Waals surface area contributed by atoms with E-state index >= 15 is 0 Å². The van der Waals surface area contributed by atoms with Crippen LogP contribution in [0.4, 0.5) is 5.69 Å². The Morgan fingerprint density at radius 1 is 1.24 bits per heavy atom. The van der Waals surface area contributed by atoms with Crippen molar-refractivity contribution in [3.63, 3.8) is 0 Å². The van der Waals surface area contributed by atoms with E-state index in [0.29, 0.717) is 18.0 Å². The number of carbonyl (C=O) groups excluding carboxylic acids is 2. The van der Waals surface area contributed by atoms with E-state index < -0.39 is 18.5 Å². The van der Waals surface area contributed by atoms with Gasteiger partial charge in [0, 0.05) is 6.20 Å². The Morgan fingerprint density at radius 3 is 2.76 bits per heavy atom. The van der Waals surface area contributed by atoms with Crippen LogP contribution in [0.15, 0.2) is 36.5 Å². The topological polar surface area (TPSA) is 86.8 Å². The first-order valence-corrected chi connectivity index (χ1v) is 7.74. The molecule has 0 saturated heterocycles. The van der Waals surface area contributed by atoms with Gasteiger partial charge in [0.1, 0.15) is 11.3 Å². The summed E-state index contributed by atoms with van der Waals surface area (Å²) in [4.78, 5) is 28.2. The lowest BCUT2D eigenvalue weighted by Gasteiger charge is -2.12. The van der Waals surface area contributed by atoms with Crippen LogP contribution in [0, 0.1) is 6.92 Å². The van der Waals surface area contributed by atoms with E-state index in [0.717, 1.165) is 5.56 Å². The fourth-order valence-electron chi connectivity index (χ4n) is 2.11. The van der Waals surface area contributed by atoms with Crippen molar-refractivity contribution in [2.45, 2.75) is 13.8 Å². The summed E-state index contributed by atoms with van der Waals surface area (Å²) in [5.41, 5.74) is 1.65.